The number of nitrogens with zero attached hydrogens (tertiary/aromatic N) is 2. The second-order valence-corrected chi connectivity index (χ2v) is 4.86. The van der Waals surface area contributed by atoms with Crippen LogP contribution in [0.15, 0.2) is 24.5 Å². The molecular formula is C15H18FN3O. The van der Waals surface area contributed by atoms with Gasteiger partial charge in [-0.05, 0) is 36.6 Å². The Hall–Kier alpha value is -2.17. The zero-order valence-corrected chi connectivity index (χ0v) is 12.1. The zero-order valence-electron chi connectivity index (χ0n) is 12.1. The van der Waals surface area contributed by atoms with E-state index in [9.17, 15) is 4.39 Å². The number of ether oxygens (including phenoxy) is 1. The smallest absolute Gasteiger partial charge is 0.227 e. The lowest BCUT2D eigenvalue weighted by molar-refractivity contribution is 0.449. The molecule has 0 aliphatic carbocycles. The molecule has 2 aromatic rings. The lowest BCUT2D eigenvalue weighted by atomic mass is 10.1. The lowest BCUT2D eigenvalue weighted by Crippen LogP contribution is -2.04. The normalized spacial score (nSPS) is 10.7. The first-order valence-electron chi connectivity index (χ1n) is 6.49. The number of halogens is 1. The number of nitrogens with one attached hydrogen (secondary N) is 1. The van der Waals surface area contributed by atoms with Gasteiger partial charge in [0, 0.05) is 7.05 Å². The van der Waals surface area contributed by atoms with Gasteiger partial charge >= 0.3 is 0 Å². The summed E-state index contributed by atoms with van der Waals surface area (Å²) in [4.78, 5) is 8.38. The van der Waals surface area contributed by atoms with E-state index in [-0.39, 0.29) is 11.7 Å². The first-order valence-corrected chi connectivity index (χ1v) is 6.49. The summed E-state index contributed by atoms with van der Waals surface area (Å²) in [5, 5.41) is 3.03. The molecule has 106 valence electrons. The van der Waals surface area contributed by atoms with Crippen LogP contribution < -0.4 is 10.1 Å². The average Bonchev–Trinajstić information content (AvgIpc) is 2.42. The van der Waals surface area contributed by atoms with Crippen LogP contribution in [-0.2, 0) is 0 Å². The molecular weight excluding hydrogens is 257 g/mol. The minimum Gasteiger partial charge on any atom is -0.439 e. The van der Waals surface area contributed by atoms with Gasteiger partial charge in [0.15, 0.2) is 0 Å². The summed E-state index contributed by atoms with van der Waals surface area (Å²) in [5.74, 6) is 1.75. The number of hydrogen-bond donors (Lipinski definition) is 1. The number of anilines is 1. The standard InChI is InChI=1S/C15H18FN3O/c1-9(2)13-14(17-4)18-8-19-15(13)20-11-5-6-12(16)10(3)7-11/h5-9H,1-4H3,(H,17,18,19). The van der Waals surface area contributed by atoms with Crippen molar-refractivity contribution in [2.45, 2.75) is 26.7 Å². The maximum atomic E-state index is 13.3. The van der Waals surface area contributed by atoms with Crippen LogP contribution in [0.25, 0.3) is 0 Å². The van der Waals surface area contributed by atoms with Gasteiger partial charge in [0.2, 0.25) is 5.88 Å². The van der Waals surface area contributed by atoms with E-state index in [0.717, 1.165) is 11.4 Å². The van der Waals surface area contributed by atoms with E-state index in [4.69, 9.17) is 4.74 Å². The van der Waals surface area contributed by atoms with E-state index in [1.165, 1.54) is 12.4 Å². The van der Waals surface area contributed by atoms with E-state index in [2.05, 4.69) is 15.3 Å². The van der Waals surface area contributed by atoms with Gasteiger partial charge in [0.1, 0.15) is 23.7 Å². The Kier molecular flexibility index (Phi) is 4.17. The molecule has 1 N–H and O–H groups in total. The molecule has 0 saturated carbocycles. The molecule has 4 nitrogen and oxygen atoms in total. The molecule has 0 spiro atoms. The van der Waals surface area contributed by atoms with Gasteiger partial charge < -0.3 is 10.1 Å². The van der Waals surface area contributed by atoms with Gasteiger partial charge in [-0.3, -0.25) is 0 Å². The van der Waals surface area contributed by atoms with Crippen LogP contribution in [0.2, 0.25) is 0 Å². The van der Waals surface area contributed by atoms with Crippen LogP contribution in [0.3, 0.4) is 0 Å². The summed E-state index contributed by atoms with van der Waals surface area (Å²) < 4.78 is 19.1. The number of rotatable bonds is 4. The predicted octanol–water partition coefficient (Wildman–Crippen LogP) is 3.88. The van der Waals surface area contributed by atoms with E-state index in [1.54, 1.807) is 26.1 Å². The molecule has 1 heterocycles. The SMILES string of the molecule is CNc1ncnc(Oc2ccc(F)c(C)c2)c1C(C)C. The van der Waals surface area contributed by atoms with Gasteiger partial charge in [-0.1, -0.05) is 13.8 Å². The predicted molar refractivity (Wildman–Crippen MR) is 76.9 cm³/mol. The van der Waals surface area contributed by atoms with Crippen LogP contribution in [0.5, 0.6) is 11.6 Å². The van der Waals surface area contributed by atoms with Crippen molar-refractivity contribution in [1.82, 2.24) is 9.97 Å². The second kappa shape index (κ2) is 5.86. The maximum absolute atomic E-state index is 13.3. The summed E-state index contributed by atoms with van der Waals surface area (Å²) >= 11 is 0. The Balaban J connectivity index is 2.40. The molecule has 2 rings (SSSR count). The third-order valence-electron chi connectivity index (χ3n) is 3.01. The first kappa shape index (κ1) is 14.2. The molecule has 0 amide bonds. The maximum Gasteiger partial charge on any atom is 0.227 e. The van der Waals surface area contributed by atoms with Crippen LogP contribution in [-0.4, -0.2) is 17.0 Å². The average molecular weight is 275 g/mol. The van der Waals surface area contributed by atoms with E-state index in [0.29, 0.717) is 17.2 Å². The second-order valence-electron chi connectivity index (χ2n) is 4.86. The summed E-state index contributed by atoms with van der Waals surface area (Å²) in [6.45, 7) is 5.79. The highest BCUT2D eigenvalue weighted by Gasteiger charge is 2.16. The van der Waals surface area contributed by atoms with Crippen molar-refractivity contribution in [2.24, 2.45) is 0 Å². The molecule has 0 aliphatic heterocycles. The monoisotopic (exact) mass is 275 g/mol. The van der Waals surface area contributed by atoms with Crippen LogP contribution >= 0.6 is 0 Å². The van der Waals surface area contributed by atoms with Crippen LogP contribution in [0.4, 0.5) is 10.2 Å². The molecule has 0 fully saturated rings. The molecule has 0 unspecified atom stereocenters. The molecule has 0 aliphatic rings. The van der Waals surface area contributed by atoms with E-state index < -0.39 is 0 Å². The quantitative estimate of drug-likeness (QED) is 0.919. The van der Waals surface area contributed by atoms with E-state index in [1.807, 2.05) is 13.8 Å². The van der Waals surface area contributed by atoms with Crippen molar-refractivity contribution in [1.29, 1.82) is 0 Å². The lowest BCUT2D eigenvalue weighted by Gasteiger charge is -2.15. The largest absolute Gasteiger partial charge is 0.439 e. The number of aromatic nitrogens is 2. The summed E-state index contributed by atoms with van der Waals surface area (Å²) in [7, 11) is 1.81. The highest BCUT2D eigenvalue weighted by molar-refractivity contribution is 5.51. The van der Waals surface area contributed by atoms with Gasteiger partial charge in [-0.15, -0.1) is 0 Å². The third-order valence-corrected chi connectivity index (χ3v) is 3.01. The molecule has 0 atom stereocenters. The van der Waals surface area contributed by atoms with Crippen molar-refractivity contribution in [2.75, 3.05) is 12.4 Å². The van der Waals surface area contributed by atoms with Gasteiger partial charge in [-0.25, -0.2) is 14.4 Å². The fourth-order valence-electron chi connectivity index (χ4n) is 1.97. The Bertz CT molecular complexity index is 614. The third kappa shape index (κ3) is 2.87. The highest BCUT2D eigenvalue weighted by Crippen LogP contribution is 2.33. The van der Waals surface area contributed by atoms with Gasteiger partial charge in [0.25, 0.3) is 0 Å². The molecule has 0 radical (unpaired) electrons. The Morgan fingerprint density at radius 3 is 2.60 bits per heavy atom. The summed E-state index contributed by atoms with van der Waals surface area (Å²) in [6, 6.07) is 4.63. The molecule has 5 heteroatoms. The highest BCUT2D eigenvalue weighted by atomic mass is 19.1. The molecule has 0 saturated heterocycles. The molecule has 0 bridgehead atoms. The topological polar surface area (TPSA) is 47.0 Å². The Morgan fingerprint density at radius 2 is 2.00 bits per heavy atom. The number of hydrogen-bond acceptors (Lipinski definition) is 4. The van der Waals surface area contributed by atoms with Crippen molar-refractivity contribution in [3.05, 3.63) is 41.5 Å². The minimum absolute atomic E-state index is 0.204. The summed E-state index contributed by atoms with van der Waals surface area (Å²) in [6.07, 6.45) is 1.45. The Morgan fingerprint density at radius 1 is 1.25 bits per heavy atom. The van der Waals surface area contributed by atoms with Crippen molar-refractivity contribution < 1.29 is 9.13 Å². The zero-order chi connectivity index (χ0) is 14.7. The molecule has 1 aromatic carbocycles. The van der Waals surface area contributed by atoms with Gasteiger partial charge in [0.05, 0.1) is 5.56 Å². The van der Waals surface area contributed by atoms with Crippen molar-refractivity contribution >= 4 is 5.82 Å². The summed E-state index contributed by atoms with van der Waals surface area (Å²) in [5.41, 5.74) is 1.44. The fourth-order valence-corrected chi connectivity index (χ4v) is 1.97. The van der Waals surface area contributed by atoms with Crippen LogP contribution in [0, 0.1) is 12.7 Å². The number of benzene rings is 1. The van der Waals surface area contributed by atoms with Gasteiger partial charge in [-0.2, -0.15) is 0 Å². The van der Waals surface area contributed by atoms with Crippen molar-refractivity contribution in [3.8, 4) is 11.6 Å². The minimum atomic E-state index is -0.250. The van der Waals surface area contributed by atoms with E-state index >= 15 is 0 Å². The molecule has 1 aromatic heterocycles. The molecule has 20 heavy (non-hydrogen) atoms. The van der Waals surface area contributed by atoms with Crippen molar-refractivity contribution in [3.63, 3.8) is 0 Å². The number of aryl methyl sites for hydroxylation is 1. The Labute approximate surface area is 118 Å². The fraction of sp³-hybridized carbons (Fsp3) is 0.333. The van der Waals surface area contributed by atoms with Crippen LogP contribution in [0.1, 0.15) is 30.9 Å². The first-order chi connectivity index (χ1) is 9.52.